The minimum absolute atomic E-state index is 0.328. The van der Waals surface area contributed by atoms with Crippen LogP contribution in [0.2, 0.25) is 10.0 Å². The molecule has 29 heavy (non-hydrogen) atoms. The molecule has 0 saturated carbocycles. The number of anilines is 1. The Morgan fingerprint density at radius 3 is 2.76 bits per heavy atom. The molecule has 10 heteroatoms. The normalized spacial score (nSPS) is 29.3. The van der Waals surface area contributed by atoms with Crippen LogP contribution in [-0.2, 0) is 15.9 Å². The van der Waals surface area contributed by atoms with Gasteiger partial charge in [0.1, 0.15) is 42.2 Å². The number of fused-ring (bicyclic) bond motifs is 2. The number of nitrogen functional groups attached to an aromatic ring is 1. The van der Waals surface area contributed by atoms with Gasteiger partial charge in [-0.15, -0.1) is 0 Å². The van der Waals surface area contributed by atoms with Crippen molar-refractivity contribution in [3.05, 3.63) is 51.9 Å². The third-order valence-electron chi connectivity index (χ3n) is 5.55. The molecule has 152 valence electrons. The van der Waals surface area contributed by atoms with E-state index in [2.05, 4.69) is 9.97 Å². The van der Waals surface area contributed by atoms with Crippen molar-refractivity contribution in [3.63, 3.8) is 0 Å². The molecule has 0 aliphatic carbocycles. The van der Waals surface area contributed by atoms with Gasteiger partial charge in [-0.2, -0.15) is 0 Å². The first-order valence-electron chi connectivity index (χ1n) is 9.13. The molecule has 4 heterocycles. The molecule has 5 rings (SSSR count). The average molecular weight is 437 g/mol. The van der Waals surface area contributed by atoms with Crippen LogP contribution >= 0.6 is 23.2 Å². The van der Waals surface area contributed by atoms with Gasteiger partial charge in [-0.25, -0.2) is 9.97 Å². The van der Waals surface area contributed by atoms with Crippen LogP contribution in [0.5, 0.6) is 0 Å². The number of aliphatic hydroxyl groups excluding tert-OH is 2. The van der Waals surface area contributed by atoms with Crippen LogP contribution in [0.4, 0.5) is 5.82 Å². The molecule has 2 aliphatic rings. The summed E-state index contributed by atoms with van der Waals surface area (Å²) in [6.45, 7) is 0.444. The first kappa shape index (κ1) is 19.0. The van der Waals surface area contributed by atoms with Gasteiger partial charge in [-0.05, 0) is 35.7 Å². The monoisotopic (exact) mass is 436 g/mol. The predicted octanol–water partition coefficient (Wildman–Crippen LogP) is 2.25. The maximum absolute atomic E-state index is 10.8. The lowest BCUT2D eigenvalue weighted by molar-refractivity contribution is -0.113. The van der Waals surface area contributed by atoms with Gasteiger partial charge in [0.05, 0.1) is 22.0 Å². The molecule has 0 radical (unpaired) electrons. The summed E-state index contributed by atoms with van der Waals surface area (Å²) in [4.78, 5) is 8.20. The van der Waals surface area contributed by atoms with Crippen LogP contribution in [0, 0.1) is 0 Å². The lowest BCUT2D eigenvalue weighted by Gasteiger charge is -2.31. The van der Waals surface area contributed by atoms with E-state index in [0.717, 1.165) is 11.1 Å². The quantitative estimate of drug-likeness (QED) is 0.563. The summed E-state index contributed by atoms with van der Waals surface area (Å²) in [5, 5.41) is 23.0. The molecule has 1 unspecified atom stereocenters. The molecule has 8 nitrogen and oxygen atoms in total. The number of nitrogens with two attached hydrogens (primary N) is 1. The summed E-state index contributed by atoms with van der Waals surface area (Å²) < 4.78 is 13.7. The van der Waals surface area contributed by atoms with E-state index >= 15 is 0 Å². The highest BCUT2D eigenvalue weighted by Gasteiger charge is 2.49. The Balaban J connectivity index is 1.51. The number of benzene rings is 1. The average Bonchev–Trinajstić information content (AvgIpc) is 3.25. The summed E-state index contributed by atoms with van der Waals surface area (Å²) in [7, 11) is 0. The molecular formula is C19H18Cl2N4O4. The Morgan fingerprint density at radius 2 is 1.93 bits per heavy atom. The Morgan fingerprint density at radius 1 is 1.14 bits per heavy atom. The van der Waals surface area contributed by atoms with Gasteiger partial charge in [0.15, 0.2) is 6.23 Å². The maximum atomic E-state index is 10.8. The zero-order chi connectivity index (χ0) is 20.3. The Kier molecular flexibility index (Phi) is 4.65. The Labute approximate surface area is 175 Å². The minimum Gasteiger partial charge on any atom is -0.387 e. The number of aromatic nitrogens is 3. The smallest absolute Gasteiger partial charge is 0.164 e. The third kappa shape index (κ3) is 2.99. The molecule has 2 aliphatic heterocycles. The lowest BCUT2D eigenvalue weighted by atomic mass is 9.92. The van der Waals surface area contributed by atoms with Gasteiger partial charge in [0.25, 0.3) is 0 Å². The Bertz CT molecular complexity index is 1090. The van der Waals surface area contributed by atoms with Gasteiger partial charge in [-0.3, -0.25) is 0 Å². The van der Waals surface area contributed by atoms with Crippen LogP contribution in [0.1, 0.15) is 23.5 Å². The summed E-state index contributed by atoms with van der Waals surface area (Å²) in [5.41, 5.74) is 8.18. The maximum Gasteiger partial charge on any atom is 0.164 e. The van der Waals surface area contributed by atoms with E-state index in [4.69, 9.17) is 38.4 Å². The highest BCUT2D eigenvalue weighted by molar-refractivity contribution is 6.42. The molecule has 5 atom stereocenters. The fourth-order valence-electron chi connectivity index (χ4n) is 4.10. The van der Waals surface area contributed by atoms with Crippen molar-refractivity contribution in [2.75, 3.05) is 12.3 Å². The lowest BCUT2D eigenvalue weighted by Crippen LogP contribution is -2.37. The number of halogens is 2. The van der Waals surface area contributed by atoms with E-state index < -0.39 is 30.6 Å². The van der Waals surface area contributed by atoms with Crippen LogP contribution < -0.4 is 5.73 Å². The largest absolute Gasteiger partial charge is 0.387 e. The van der Waals surface area contributed by atoms with E-state index in [-0.39, 0.29) is 0 Å². The van der Waals surface area contributed by atoms with Gasteiger partial charge >= 0.3 is 0 Å². The Hall–Kier alpha value is -1.94. The van der Waals surface area contributed by atoms with Gasteiger partial charge in [-0.1, -0.05) is 23.2 Å². The van der Waals surface area contributed by atoms with E-state index in [1.165, 1.54) is 6.33 Å². The highest BCUT2D eigenvalue weighted by Crippen LogP contribution is 2.43. The van der Waals surface area contributed by atoms with E-state index in [9.17, 15) is 10.2 Å². The van der Waals surface area contributed by atoms with Crippen molar-refractivity contribution in [1.29, 1.82) is 0 Å². The van der Waals surface area contributed by atoms with E-state index in [1.807, 2.05) is 6.07 Å². The zero-order valence-corrected chi connectivity index (χ0v) is 16.6. The topological polar surface area (TPSA) is 116 Å². The van der Waals surface area contributed by atoms with Crippen molar-refractivity contribution in [1.82, 2.24) is 14.5 Å². The molecule has 0 spiro atoms. The van der Waals surface area contributed by atoms with Gasteiger partial charge in [0.2, 0.25) is 0 Å². The zero-order valence-electron chi connectivity index (χ0n) is 15.1. The summed E-state index contributed by atoms with van der Waals surface area (Å²) in [6, 6.07) is 5.29. The fourth-order valence-corrected chi connectivity index (χ4v) is 4.46. The van der Waals surface area contributed by atoms with Gasteiger partial charge in [0, 0.05) is 6.20 Å². The second-order valence-electron chi connectivity index (χ2n) is 7.20. The predicted molar refractivity (Wildman–Crippen MR) is 107 cm³/mol. The molecule has 1 saturated heterocycles. The molecule has 1 aromatic carbocycles. The SMILES string of the molecule is Nc1ncnc2c1ccn2[C@@H]1OC([C@@H]2OCCc3cc(Cl)c(Cl)cc32)[C@@H](O)[C@H]1O. The third-order valence-corrected chi connectivity index (χ3v) is 6.27. The van der Waals surface area contributed by atoms with Crippen molar-refractivity contribution >= 4 is 40.1 Å². The molecule has 2 aromatic heterocycles. The summed E-state index contributed by atoms with van der Waals surface area (Å²) in [6.07, 6.45) is -0.909. The number of aliphatic hydroxyl groups is 2. The van der Waals surface area contributed by atoms with Crippen LogP contribution in [-0.4, -0.2) is 49.7 Å². The molecule has 0 amide bonds. The number of rotatable bonds is 2. The standard InChI is InChI=1S/C19H18Cl2N4O4/c20-11-5-8-2-4-28-15(10(8)6-12(11)21)16-13(26)14(27)19(29-16)25-3-1-9-17(22)23-7-24-18(9)25/h1,3,5-7,13-16,19,26-27H,2,4H2,(H2,22,23,24)/t13-,14+,15+,16?,19+/m0/s1. The van der Waals surface area contributed by atoms with Crippen molar-refractivity contribution in [3.8, 4) is 0 Å². The van der Waals surface area contributed by atoms with Gasteiger partial charge < -0.3 is 30.0 Å². The van der Waals surface area contributed by atoms with Crippen molar-refractivity contribution in [2.45, 2.75) is 37.1 Å². The molecule has 4 N–H and O–H groups in total. The van der Waals surface area contributed by atoms with Crippen molar-refractivity contribution in [2.24, 2.45) is 0 Å². The fraction of sp³-hybridized carbons (Fsp3) is 0.368. The molecule has 3 aromatic rings. The van der Waals surface area contributed by atoms with Crippen LogP contribution in [0.15, 0.2) is 30.7 Å². The van der Waals surface area contributed by atoms with E-state index in [1.54, 1.807) is 22.9 Å². The van der Waals surface area contributed by atoms with E-state index in [0.29, 0.717) is 39.9 Å². The molecule has 1 fully saturated rings. The summed E-state index contributed by atoms with van der Waals surface area (Å²) in [5.74, 6) is 0.328. The number of ether oxygens (including phenoxy) is 2. The minimum atomic E-state index is -1.19. The van der Waals surface area contributed by atoms with Crippen molar-refractivity contribution < 1.29 is 19.7 Å². The summed E-state index contributed by atoms with van der Waals surface area (Å²) >= 11 is 12.3. The second-order valence-corrected chi connectivity index (χ2v) is 8.01. The first-order valence-corrected chi connectivity index (χ1v) is 9.89. The van der Waals surface area contributed by atoms with Crippen LogP contribution in [0.3, 0.4) is 0 Å². The molecule has 0 bridgehead atoms. The first-order chi connectivity index (χ1) is 14.0. The highest BCUT2D eigenvalue weighted by atomic mass is 35.5. The number of hydrogen-bond donors (Lipinski definition) is 3. The number of hydrogen-bond acceptors (Lipinski definition) is 7. The molecular weight excluding hydrogens is 419 g/mol. The van der Waals surface area contributed by atoms with Crippen LogP contribution in [0.25, 0.3) is 11.0 Å². The second kappa shape index (κ2) is 7.09. The number of nitrogens with zero attached hydrogens (tertiary/aromatic N) is 3.